The normalized spacial score (nSPS) is 21.4. The molecule has 0 aliphatic carbocycles. The molecule has 2 aliphatic heterocycles. The maximum absolute atomic E-state index is 13.2. The highest BCUT2D eigenvalue weighted by molar-refractivity contribution is 7.20. The molecule has 3 aromatic rings. The number of hydrogen-bond acceptors (Lipinski definition) is 5. The van der Waals surface area contributed by atoms with Crippen LogP contribution < -0.4 is 0 Å². The Hall–Kier alpha value is -2.22. The Morgan fingerprint density at radius 1 is 1.10 bits per heavy atom. The number of amides is 1. The van der Waals surface area contributed by atoms with E-state index >= 15 is 0 Å². The first-order valence-electron chi connectivity index (χ1n) is 10.9. The van der Waals surface area contributed by atoms with E-state index in [2.05, 4.69) is 29.0 Å². The van der Waals surface area contributed by atoms with Crippen LogP contribution in [0.3, 0.4) is 0 Å². The minimum Gasteiger partial charge on any atom is -0.335 e. The van der Waals surface area contributed by atoms with Gasteiger partial charge in [-0.05, 0) is 51.6 Å². The molecule has 2 fully saturated rings. The van der Waals surface area contributed by atoms with Crippen LogP contribution >= 0.6 is 11.3 Å². The number of piperidine rings is 1. The molecule has 1 aromatic carbocycles. The average molecular weight is 424 g/mol. The van der Waals surface area contributed by atoms with Crippen LogP contribution in [-0.2, 0) is 0 Å². The summed E-state index contributed by atoms with van der Waals surface area (Å²) in [6, 6.07) is 12.8. The molecule has 0 N–H and O–H groups in total. The molecular weight excluding hydrogens is 394 g/mol. The van der Waals surface area contributed by atoms with Crippen molar-refractivity contribution in [3.8, 4) is 5.69 Å². The summed E-state index contributed by atoms with van der Waals surface area (Å²) < 4.78 is 1.96. The number of aromatic nitrogens is 2. The number of carbonyl (C=O) groups excluding carboxylic acids is 1. The van der Waals surface area contributed by atoms with Gasteiger partial charge in [0.05, 0.1) is 16.3 Å². The van der Waals surface area contributed by atoms with Gasteiger partial charge in [0, 0.05) is 44.2 Å². The Labute approximate surface area is 181 Å². The molecule has 1 atom stereocenters. The standard InChI is InChI=1S/C23H29N5OS/c1-17-20-15-21(30-23(20)28(24-17)18-7-4-3-5-8-18)22(29)27-13-11-26(12-14-27)19-9-6-10-25(2)16-19/h3-5,7-8,15,19H,6,9-14,16H2,1-2H3. The van der Waals surface area contributed by atoms with Crippen LogP contribution in [0.5, 0.6) is 0 Å². The molecule has 4 heterocycles. The third-order valence-electron chi connectivity index (χ3n) is 6.47. The van der Waals surface area contributed by atoms with Crippen molar-refractivity contribution < 1.29 is 4.79 Å². The van der Waals surface area contributed by atoms with Crippen LogP contribution in [0.1, 0.15) is 28.2 Å². The lowest BCUT2D eigenvalue weighted by Crippen LogP contribution is -2.55. The molecule has 1 amide bonds. The highest BCUT2D eigenvalue weighted by Gasteiger charge is 2.29. The number of hydrogen-bond donors (Lipinski definition) is 0. The van der Waals surface area contributed by atoms with E-state index in [-0.39, 0.29) is 5.91 Å². The molecule has 2 saturated heterocycles. The molecule has 2 aliphatic rings. The zero-order chi connectivity index (χ0) is 20.7. The SMILES string of the molecule is Cc1nn(-c2ccccc2)c2sc(C(=O)N3CCN(C4CCCN(C)C4)CC3)cc12. The van der Waals surface area contributed by atoms with Gasteiger partial charge in [0.1, 0.15) is 4.83 Å². The summed E-state index contributed by atoms with van der Waals surface area (Å²) in [4.78, 5) is 22.2. The minimum absolute atomic E-state index is 0.163. The molecule has 158 valence electrons. The van der Waals surface area contributed by atoms with Gasteiger partial charge in [0.2, 0.25) is 0 Å². The van der Waals surface area contributed by atoms with Crippen molar-refractivity contribution in [2.45, 2.75) is 25.8 Å². The van der Waals surface area contributed by atoms with Crippen molar-refractivity contribution in [3.63, 3.8) is 0 Å². The summed E-state index contributed by atoms with van der Waals surface area (Å²) in [5.74, 6) is 0.163. The fourth-order valence-electron chi connectivity index (χ4n) is 4.78. The van der Waals surface area contributed by atoms with Gasteiger partial charge in [0.15, 0.2) is 0 Å². The monoisotopic (exact) mass is 423 g/mol. The number of aryl methyl sites for hydroxylation is 1. The number of likely N-dealkylation sites (N-methyl/N-ethyl adjacent to an activating group) is 1. The third-order valence-corrected chi connectivity index (χ3v) is 7.57. The van der Waals surface area contributed by atoms with Gasteiger partial charge in [-0.25, -0.2) is 4.68 Å². The Kier molecular flexibility index (Phi) is 5.35. The number of likely N-dealkylation sites (tertiary alicyclic amines) is 1. The van der Waals surface area contributed by atoms with Crippen LogP contribution in [0.25, 0.3) is 15.9 Å². The first-order chi connectivity index (χ1) is 14.6. The highest BCUT2D eigenvalue weighted by Crippen LogP contribution is 2.31. The molecule has 0 saturated carbocycles. The quantitative estimate of drug-likeness (QED) is 0.649. The smallest absolute Gasteiger partial charge is 0.264 e. The Morgan fingerprint density at radius 2 is 1.87 bits per heavy atom. The van der Waals surface area contributed by atoms with E-state index in [1.54, 1.807) is 11.3 Å². The van der Waals surface area contributed by atoms with E-state index in [4.69, 9.17) is 5.10 Å². The van der Waals surface area contributed by atoms with Gasteiger partial charge in [-0.15, -0.1) is 11.3 Å². The number of nitrogens with zero attached hydrogens (tertiary/aromatic N) is 5. The molecule has 7 heteroatoms. The number of rotatable bonds is 3. The van der Waals surface area contributed by atoms with Gasteiger partial charge in [0.25, 0.3) is 5.91 Å². The summed E-state index contributed by atoms with van der Waals surface area (Å²) in [6.45, 7) is 7.97. The first-order valence-corrected chi connectivity index (χ1v) is 11.7. The van der Waals surface area contributed by atoms with Crippen LogP contribution in [0.2, 0.25) is 0 Å². The summed E-state index contributed by atoms with van der Waals surface area (Å²) in [5, 5.41) is 5.77. The lowest BCUT2D eigenvalue weighted by Gasteiger charge is -2.42. The van der Waals surface area contributed by atoms with Crippen molar-refractivity contribution in [1.82, 2.24) is 24.5 Å². The zero-order valence-corrected chi connectivity index (χ0v) is 18.6. The minimum atomic E-state index is 0.163. The molecule has 0 bridgehead atoms. The summed E-state index contributed by atoms with van der Waals surface area (Å²) in [5.41, 5.74) is 2.00. The van der Waals surface area contributed by atoms with Gasteiger partial charge >= 0.3 is 0 Å². The number of benzene rings is 1. The van der Waals surface area contributed by atoms with Gasteiger partial charge < -0.3 is 9.80 Å². The number of carbonyl (C=O) groups is 1. The molecule has 0 radical (unpaired) electrons. The second-order valence-electron chi connectivity index (χ2n) is 8.55. The van der Waals surface area contributed by atoms with E-state index in [1.165, 1.54) is 19.4 Å². The first kappa shape index (κ1) is 19.7. The molecule has 6 nitrogen and oxygen atoms in total. The maximum atomic E-state index is 13.2. The molecular formula is C23H29N5OS. The number of para-hydroxylation sites is 1. The second-order valence-corrected chi connectivity index (χ2v) is 9.58. The molecule has 0 spiro atoms. The summed E-state index contributed by atoms with van der Waals surface area (Å²) in [7, 11) is 2.21. The zero-order valence-electron chi connectivity index (χ0n) is 17.8. The van der Waals surface area contributed by atoms with Crippen molar-refractivity contribution in [2.75, 3.05) is 46.3 Å². The van der Waals surface area contributed by atoms with Crippen molar-refractivity contribution in [1.29, 1.82) is 0 Å². The predicted octanol–water partition coefficient (Wildman–Crippen LogP) is 3.25. The van der Waals surface area contributed by atoms with E-state index in [9.17, 15) is 4.79 Å². The second kappa shape index (κ2) is 8.13. The van der Waals surface area contributed by atoms with Gasteiger partial charge in [-0.2, -0.15) is 5.10 Å². The number of fused-ring (bicyclic) bond motifs is 1. The fraction of sp³-hybridized carbons (Fsp3) is 0.478. The lowest BCUT2D eigenvalue weighted by molar-refractivity contribution is 0.0455. The summed E-state index contributed by atoms with van der Waals surface area (Å²) >= 11 is 1.56. The average Bonchev–Trinajstić information content (AvgIpc) is 3.35. The van der Waals surface area contributed by atoms with E-state index < -0.39 is 0 Å². The number of piperazine rings is 1. The Balaban J connectivity index is 1.31. The predicted molar refractivity (Wildman–Crippen MR) is 122 cm³/mol. The fourth-order valence-corrected chi connectivity index (χ4v) is 5.93. The van der Waals surface area contributed by atoms with Crippen molar-refractivity contribution in [2.24, 2.45) is 0 Å². The van der Waals surface area contributed by atoms with Crippen molar-refractivity contribution >= 4 is 27.5 Å². The molecule has 1 unspecified atom stereocenters. The van der Waals surface area contributed by atoms with Gasteiger partial charge in [-0.3, -0.25) is 9.69 Å². The third kappa shape index (κ3) is 3.66. The Bertz CT molecular complexity index is 1030. The van der Waals surface area contributed by atoms with Crippen LogP contribution in [0.4, 0.5) is 0 Å². The summed E-state index contributed by atoms with van der Waals surface area (Å²) in [6.07, 6.45) is 2.56. The van der Waals surface area contributed by atoms with Crippen LogP contribution in [0.15, 0.2) is 36.4 Å². The lowest BCUT2D eigenvalue weighted by atomic mass is 10.0. The van der Waals surface area contributed by atoms with E-state index in [0.29, 0.717) is 6.04 Å². The maximum Gasteiger partial charge on any atom is 0.264 e. The Morgan fingerprint density at radius 3 is 2.60 bits per heavy atom. The molecule has 5 rings (SSSR count). The molecule has 30 heavy (non-hydrogen) atoms. The van der Waals surface area contributed by atoms with Crippen LogP contribution in [-0.4, -0.2) is 82.7 Å². The van der Waals surface area contributed by atoms with Gasteiger partial charge in [-0.1, -0.05) is 18.2 Å². The molecule has 2 aromatic heterocycles. The highest BCUT2D eigenvalue weighted by atomic mass is 32.1. The van der Waals surface area contributed by atoms with E-state index in [1.807, 2.05) is 40.8 Å². The topological polar surface area (TPSA) is 44.6 Å². The van der Waals surface area contributed by atoms with Crippen molar-refractivity contribution in [3.05, 3.63) is 47.0 Å². The largest absolute Gasteiger partial charge is 0.335 e. The number of thiophene rings is 1. The van der Waals surface area contributed by atoms with Crippen LogP contribution in [0, 0.1) is 6.92 Å². The van der Waals surface area contributed by atoms with E-state index in [0.717, 1.165) is 59.2 Å².